The lowest BCUT2D eigenvalue weighted by molar-refractivity contribution is 0.866. The van der Waals surface area contributed by atoms with E-state index in [1.807, 2.05) is 12.1 Å². The van der Waals surface area contributed by atoms with Gasteiger partial charge in [0, 0.05) is 37.6 Å². The average Bonchev–Trinajstić information content (AvgIpc) is 2.85. The van der Waals surface area contributed by atoms with Crippen LogP contribution in [0.1, 0.15) is 50.2 Å². The molecule has 3 aromatic rings. The maximum Gasteiger partial charge on any atom is 0.0637 e. The van der Waals surface area contributed by atoms with E-state index in [-0.39, 0.29) is 0 Å². The summed E-state index contributed by atoms with van der Waals surface area (Å²) in [6.07, 6.45) is 8.38. The van der Waals surface area contributed by atoms with Crippen LogP contribution in [0, 0.1) is 0 Å². The summed E-state index contributed by atoms with van der Waals surface area (Å²) in [5.41, 5.74) is 6.80. The SMILES string of the molecule is CCN(CC)c1ccc(/C=C/c2cccc(/C=C/c3ccc(N(CC)CC)cc3)n2)cc1. The van der Waals surface area contributed by atoms with Gasteiger partial charge in [0.05, 0.1) is 11.4 Å². The zero-order chi connectivity index (χ0) is 22.8. The molecular weight excluding hydrogens is 390 g/mol. The largest absolute Gasteiger partial charge is 0.372 e. The molecule has 1 heterocycles. The third kappa shape index (κ3) is 6.34. The lowest BCUT2D eigenvalue weighted by atomic mass is 10.1. The van der Waals surface area contributed by atoms with Crippen LogP contribution in [0.5, 0.6) is 0 Å². The standard InChI is InChI=1S/C29H35N3/c1-5-31(6-2)28-20-14-24(15-21-28)12-18-26-10-9-11-27(30-26)19-13-25-16-22-29(23-17-25)32(7-3)8-4/h9-23H,5-8H2,1-4H3/b18-12+,19-13+. The molecule has 0 saturated heterocycles. The summed E-state index contributed by atoms with van der Waals surface area (Å²) in [5.74, 6) is 0. The third-order valence-corrected chi connectivity index (χ3v) is 5.73. The van der Waals surface area contributed by atoms with Crippen molar-refractivity contribution in [2.45, 2.75) is 27.7 Å². The molecule has 0 N–H and O–H groups in total. The number of hydrogen-bond acceptors (Lipinski definition) is 3. The fourth-order valence-corrected chi connectivity index (χ4v) is 3.79. The number of hydrogen-bond donors (Lipinski definition) is 0. The van der Waals surface area contributed by atoms with Crippen LogP contribution in [0.2, 0.25) is 0 Å². The molecule has 0 saturated carbocycles. The minimum atomic E-state index is 0.955. The van der Waals surface area contributed by atoms with Crippen LogP contribution in [-0.4, -0.2) is 31.2 Å². The molecule has 0 atom stereocenters. The molecule has 0 radical (unpaired) electrons. The van der Waals surface area contributed by atoms with Crippen LogP contribution in [0.25, 0.3) is 24.3 Å². The van der Waals surface area contributed by atoms with Gasteiger partial charge in [-0.1, -0.05) is 42.5 Å². The Labute approximate surface area is 193 Å². The van der Waals surface area contributed by atoms with Gasteiger partial charge < -0.3 is 9.80 Å². The molecular formula is C29H35N3. The fourth-order valence-electron chi connectivity index (χ4n) is 3.79. The predicted octanol–water partition coefficient (Wildman–Crippen LogP) is 7.11. The summed E-state index contributed by atoms with van der Waals surface area (Å²) < 4.78 is 0. The summed E-state index contributed by atoms with van der Waals surface area (Å²) in [7, 11) is 0. The van der Waals surface area contributed by atoms with Crippen molar-refractivity contribution in [3.8, 4) is 0 Å². The fraction of sp³-hybridized carbons (Fsp3) is 0.276. The second-order valence-corrected chi connectivity index (χ2v) is 7.68. The lowest BCUT2D eigenvalue weighted by Crippen LogP contribution is -2.21. The first kappa shape index (κ1) is 23.3. The summed E-state index contributed by atoms with van der Waals surface area (Å²) in [6.45, 7) is 12.8. The van der Waals surface area contributed by atoms with Gasteiger partial charge in [0.2, 0.25) is 0 Å². The molecule has 1 aromatic heterocycles. The minimum absolute atomic E-state index is 0.955. The Bertz CT molecular complexity index is 928. The van der Waals surface area contributed by atoms with E-state index >= 15 is 0 Å². The highest BCUT2D eigenvalue weighted by molar-refractivity contribution is 5.72. The molecule has 3 rings (SSSR count). The van der Waals surface area contributed by atoms with Crippen molar-refractivity contribution < 1.29 is 0 Å². The van der Waals surface area contributed by atoms with E-state index in [0.717, 1.165) is 37.6 Å². The second-order valence-electron chi connectivity index (χ2n) is 7.68. The Morgan fingerprint density at radius 3 is 1.25 bits per heavy atom. The quantitative estimate of drug-likeness (QED) is 0.345. The monoisotopic (exact) mass is 425 g/mol. The van der Waals surface area contributed by atoms with Crippen LogP contribution in [-0.2, 0) is 0 Å². The maximum absolute atomic E-state index is 4.76. The van der Waals surface area contributed by atoms with Gasteiger partial charge in [-0.15, -0.1) is 0 Å². The van der Waals surface area contributed by atoms with Crippen LogP contribution < -0.4 is 9.80 Å². The molecule has 0 bridgehead atoms. The number of pyridine rings is 1. The summed E-state index contributed by atoms with van der Waals surface area (Å²) in [5, 5.41) is 0. The van der Waals surface area contributed by atoms with Gasteiger partial charge in [-0.05, 0) is 87.4 Å². The first-order chi connectivity index (χ1) is 15.7. The predicted molar refractivity (Wildman–Crippen MR) is 142 cm³/mol. The Hall–Kier alpha value is -3.33. The maximum atomic E-state index is 4.76. The van der Waals surface area contributed by atoms with Gasteiger partial charge >= 0.3 is 0 Å². The van der Waals surface area contributed by atoms with Crippen molar-refractivity contribution in [3.05, 3.63) is 89.2 Å². The topological polar surface area (TPSA) is 19.4 Å². The molecule has 0 aliphatic heterocycles. The number of rotatable bonds is 10. The molecule has 3 nitrogen and oxygen atoms in total. The highest BCUT2D eigenvalue weighted by Crippen LogP contribution is 2.18. The Morgan fingerprint density at radius 1 is 0.531 bits per heavy atom. The zero-order valence-electron chi connectivity index (χ0n) is 19.8. The van der Waals surface area contributed by atoms with Gasteiger partial charge in [-0.2, -0.15) is 0 Å². The summed E-state index contributed by atoms with van der Waals surface area (Å²) in [4.78, 5) is 9.46. The third-order valence-electron chi connectivity index (χ3n) is 5.73. The van der Waals surface area contributed by atoms with Gasteiger partial charge in [0.25, 0.3) is 0 Å². The molecule has 0 unspecified atom stereocenters. The van der Waals surface area contributed by atoms with E-state index in [4.69, 9.17) is 4.98 Å². The van der Waals surface area contributed by atoms with E-state index in [2.05, 4.69) is 116 Å². The first-order valence-corrected chi connectivity index (χ1v) is 11.7. The average molecular weight is 426 g/mol. The molecule has 2 aromatic carbocycles. The molecule has 0 amide bonds. The lowest BCUT2D eigenvalue weighted by Gasteiger charge is -2.20. The molecule has 0 spiro atoms. The highest BCUT2D eigenvalue weighted by atomic mass is 15.1. The minimum Gasteiger partial charge on any atom is -0.372 e. The van der Waals surface area contributed by atoms with E-state index in [0.29, 0.717) is 0 Å². The van der Waals surface area contributed by atoms with Gasteiger partial charge in [-0.25, -0.2) is 4.98 Å². The molecule has 166 valence electrons. The van der Waals surface area contributed by atoms with Crippen molar-refractivity contribution in [2.24, 2.45) is 0 Å². The van der Waals surface area contributed by atoms with Gasteiger partial charge in [0.1, 0.15) is 0 Å². The van der Waals surface area contributed by atoms with Crippen LogP contribution in [0.15, 0.2) is 66.7 Å². The number of benzene rings is 2. The van der Waals surface area contributed by atoms with E-state index < -0.39 is 0 Å². The Kier molecular flexibility index (Phi) is 8.68. The summed E-state index contributed by atoms with van der Waals surface area (Å²) in [6, 6.07) is 23.5. The van der Waals surface area contributed by atoms with Crippen molar-refractivity contribution >= 4 is 35.7 Å². The number of nitrogens with zero attached hydrogens (tertiary/aromatic N) is 3. The molecule has 0 aliphatic carbocycles. The summed E-state index contributed by atoms with van der Waals surface area (Å²) >= 11 is 0. The number of aromatic nitrogens is 1. The van der Waals surface area contributed by atoms with Crippen LogP contribution in [0.3, 0.4) is 0 Å². The molecule has 0 fully saturated rings. The van der Waals surface area contributed by atoms with Crippen molar-refractivity contribution in [2.75, 3.05) is 36.0 Å². The van der Waals surface area contributed by atoms with Crippen molar-refractivity contribution in [1.29, 1.82) is 0 Å². The first-order valence-electron chi connectivity index (χ1n) is 11.7. The Morgan fingerprint density at radius 2 is 0.906 bits per heavy atom. The van der Waals surface area contributed by atoms with Gasteiger partial charge in [-0.3, -0.25) is 0 Å². The van der Waals surface area contributed by atoms with Gasteiger partial charge in [0.15, 0.2) is 0 Å². The smallest absolute Gasteiger partial charge is 0.0637 e. The van der Waals surface area contributed by atoms with E-state index in [1.165, 1.54) is 22.5 Å². The van der Waals surface area contributed by atoms with Crippen molar-refractivity contribution in [1.82, 2.24) is 4.98 Å². The van der Waals surface area contributed by atoms with Crippen LogP contribution >= 0.6 is 0 Å². The highest BCUT2D eigenvalue weighted by Gasteiger charge is 2.01. The van der Waals surface area contributed by atoms with E-state index in [9.17, 15) is 0 Å². The zero-order valence-corrected chi connectivity index (χ0v) is 19.8. The Balaban J connectivity index is 1.66. The van der Waals surface area contributed by atoms with E-state index in [1.54, 1.807) is 0 Å². The molecule has 3 heteroatoms. The molecule has 32 heavy (non-hydrogen) atoms. The van der Waals surface area contributed by atoms with Crippen LogP contribution in [0.4, 0.5) is 11.4 Å². The number of anilines is 2. The molecule has 0 aliphatic rings. The normalized spacial score (nSPS) is 11.4. The second kappa shape index (κ2) is 11.9. The van der Waals surface area contributed by atoms with Crippen molar-refractivity contribution in [3.63, 3.8) is 0 Å².